The molecule has 7 heteroatoms. The number of ether oxygens (including phenoxy) is 1. The molecule has 0 unspecified atom stereocenters. The maximum atomic E-state index is 5.99. The normalized spacial score (nSPS) is 18.7. The first kappa shape index (κ1) is 18.0. The lowest BCUT2D eigenvalue weighted by Crippen LogP contribution is -2.47. The molecule has 2 N–H and O–H groups in total. The van der Waals surface area contributed by atoms with Crippen molar-refractivity contribution in [1.29, 1.82) is 0 Å². The van der Waals surface area contributed by atoms with Crippen LogP contribution in [0.2, 0.25) is 0 Å². The van der Waals surface area contributed by atoms with Gasteiger partial charge in [-0.3, -0.25) is 4.90 Å². The average molecular weight is 368 g/mol. The third-order valence-corrected chi connectivity index (χ3v) is 5.31. The highest BCUT2D eigenvalue weighted by Crippen LogP contribution is 2.22. The number of hydrogen-bond acceptors (Lipinski definition) is 7. The highest BCUT2D eigenvalue weighted by atomic mass is 16.5. The van der Waals surface area contributed by atoms with Gasteiger partial charge in [-0.1, -0.05) is 30.3 Å². The Hall–Kier alpha value is -2.38. The second-order valence-corrected chi connectivity index (χ2v) is 7.11. The van der Waals surface area contributed by atoms with Gasteiger partial charge in [0.1, 0.15) is 11.6 Å². The summed E-state index contributed by atoms with van der Waals surface area (Å²) in [6, 6.07) is 12.8. The molecular weight excluding hydrogens is 340 g/mol. The van der Waals surface area contributed by atoms with Gasteiger partial charge in [0.05, 0.1) is 13.2 Å². The first-order valence-corrected chi connectivity index (χ1v) is 9.76. The number of nitrogens with two attached hydrogens (primary N) is 1. The molecule has 4 rings (SSSR count). The Balaban J connectivity index is 1.34. The predicted octanol–water partition coefficient (Wildman–Crippen LogP) is 1.26. The van der Waals surface area contributed by atoms with Crippen LogP contribution in [-0.2, 0) is 11.2 Å². The number of nitrogens with zero attached hydrogens (tertiary/aromatic N) is 5. The van der Waals surface area contributed by atoms with E-state index in [0.29, 0.717) is 5.95 Å². The Morgan fingerprint density at radius 1 is 0.852 bits per heavy atom. The standard InChI is InChI=1S/C20H28N6O/c21-20-22-18(16-19(23-20)26-12-14-27-15-13-26)25-10-8-24(9-11-25)7-6-17-4-2-1-3-5-17/h1-5,16H,6-15H2,(H2,21,22,23). The Kier molecular flexibility index (Phi) is 5.69. The number of nitrogen functional groups attached to an aromatic ring is 1. The molecule has 0 radical (unpaired) electrons. The molecule has 144 valence electrons. The van der Waals surface area contributed by atoms with E-state index in [0.717, 1.165) is 77.1 Å². The van der Waals surface area contributed by atoms with Gasteiger partial charge in [-0.25, -0.2) is 0 Å². The molecule has 0 spiro atoms. The molecule has 3 heterocycles. The summed E-state index contributed by atoms with van der Waals surface area (Å²) in [7, 11) is 0. The Labute approximate surface area is 160 Å². The van der Waals surface area contributed by atoms with Crippen molar-refractivity contribution < 1.29 is 4.74 Å². The van der Waals surface area contributed by atoms with Crippen molar-refractivity contribution in [2.75, 3.05) is 74.6 Å². The van der Waals surface area contributed by atoms with E-state index >= 15 is 0 Å². The number of aromatic nitrogens is 2. The summed E-state index contributed by atoms with van der Waals surface area (Å²) in [5.74, 6) is 2.19. The minimum Gasteiger partial charge on any atom is -0.378 e. The SMILES string of the molecule is Nc1nc(N2CCOCC2)cc(N2CCN(CCc3ccccc3)CC2)n1. The molecule has 2 fully saturated rings. The molecule has 2 aliphatic heterocycles. The summed E-state index contributed by atoms with van der Waals surface area (Å²) in [6.07, 6.45) is 1.10. The van der Waals surface area contributed by atoms with Crippen LogP contribution >= 0.6 is 0 Å². The minimum atomic E-state index is 0.348. The van der Waals surface area contributed by atoms with Gasteiger partial charge in [-0.05, 0) is 12.0 Å². The fraction of sp³-hybridized carbons (Fsp3) is 0.500. The summed E-state index contributed by atoms with van der Waals surface area (Å²) in [5, 5.41) is 0. The number of benzene rings is 1. The van der Waals surface area contributed by atoms with E-state index in [-0.39, 0.29) is 0 Å². The highest BCUT2D eigenvalue weighted by Gasteiger charge is 2.21. The highest BCUT2D eigenvalue weighted by molar-refractivity contribution is 5.54. The number of hydrogen-bond donors (Lipinski definition) is 1. The van der Waals surface area contributed by atoms with Crippen molar-refractivity contribution in [1.82, 2.24) is 14.9 Å². The number of piperazine rings is 1. The van der Waals surface area contributed by atoms with Crippen molar-refractivity contribution in [2.45, 2.75) is 6.42 Å². The van der Waals surface area contributed by atoms with Gasteiger partial charge in [0.25, 0.3) is 0 Å². The van der Waals surface area contributed by atoms with Crippen LogP contribution in [0.1, 0.15) is 5.56 Å². The number of anilines is 3. The number of rotatable bonds is 5. The van der Waals surface area contributed by atoms with E-state index in [2.05, 4.69) is 61.1 Å². The van der Waals surface area contributed by atoms with E-state index < -0.39 is 0 Å². The van der Waals surface area contributed by atoms with Crippen LogP contribution in [0.3, 0.4) is 0 Å². The summed E-state index contributed by atoms with van der Waals surface area (Å²) < 4.78 is 5.43. The van der Waals surface area contributed by atoms with Crippen molar-refractivity contribution >= 4 is 17.6 Å². The van der Waals surface area contributed by atoms with Gasteiger partial charge in [0.15, 0.2) is 0 Å². The van der Waals surface area contributed by atoms with Crippen LogP contribution in [0.5, 0.6) is 0 Å². The third kappa shape index (κ3) is 4.67. The van der Waals surface area contributed by atoms with Gasteiger partial charge >= 0.3 is 0 Å². The van der Waals surface area contributed by atoms with Crippen molar-refractivity contribution in [3.05, 3.63) is 42.0 Å². The van der Waals surface area contributed by atoms with Crippen LogP contribution in [0, 0.1) is 0 Å². The molecule has 0 amide bonds. The first-order valence-electron chi connectivity index (χ1n) is 9.76. The van der Waals surface area contributed by atoms with Gasteiger partial charge in [0.2, 0.25) is 5.95 Å². The zero-order chi connectivity index (χ0) is 18.5. The monoisotopic (exact) mass is 368 g/mol. The van der Waals surface area contributed by atoms with Crippen molar-refractivity contribution in [3.63, 3.8) is 0 Å². The van der Waals surface area contributed by atoms with Crippen molar-refractivity contribution in [3.8, 4) is 0 Å². The van der Waals surface area contributed by atoms with Crippen LogP contribution in [-0.4, -0.2) is 73.9 Å². The van der Waals surface area contributed by atoms with Crippen LogP contribution in [0.15, 0.2) is 36.4 Å². The molecule has 2 aromatic rings. The van der Waals surface area contributed by atoms with E-state index in [1.165, 1.54) is 5.56 Å². The fourth-order valence-electron chi connectivity index (χ4n) is 3.69. The van der Waals surface area contributed by atoms with E-state index in [9.17, 15) is 0 Å². The minimum absolute atomic E-state index is 0.348. The maximum absolute atomic E-state index is 5.99. The lowest BCUT2D eigenvalue weighted by molar-refractivity contribution is 0.122. The summed E-state index contributed by atoms with van der Waals surface area (Å²) >= 11 is 0. The third-order valence-electron chi connectivity index (χ3n) is 5.31. The topological polar surface area (TPSA) is 70.8 Å². The lowest BCUT2D eigenvalue weighted by atomic mass is 10.1. The van der Waals surface area contributed by atoms with E-state index in [1.807, 2.05) is 0 Å². The summed E-state index contributed by atoms with van der Waals surface area (Å²) in [4.78, 5) is 16.0. The Morgan fingerprint density at radius 3 is 2.15 bits per heavy atom. The Bertz CT molecular complexity index is 727. The zero-order valence-corrected chi connectivity index (χ0v) is 15.8. The van der Waals surface area contributed by atoms with E-state index in [1.54, 1.807) is 0 Å². The van der Waals surface area contributed by atoms with Crippen LogP contribution in [0.4, 0.5) is 17.6 Å². The Morgan fingerprint density at radius 2 is 1.48 bits per heavy atom. The summed E-state index contributed by atoms with van der Waals surface area (Å²) in [6.45, 7) is 8.29. The van der Waals surface area contributed by atoms with Gasteiger partial charge in [-0.2, -0.15) is 9.97 Å². The van der Waals surface area contributed by atoms with E-state index in [4.69, 9.17) is 10.5 Å². The molecule has 7 nitrogen and oxygen atoms in total. The molecule has 0 atom stereocenters. The first-order chi connectivity index (χ1) is 13.3. The largest absolute Gasteiger partial charge is 0.378 e. The molecule has 2 aliphatic rings. The van der Waals surface area contributed by atoms with Gasteiger partial charge in [0, 0.05) is 51.9 Å². The molecular formula is C20H28N6O. The maximum Gasteiger partial charge on any atom is 0.223 e. The van der Waals surface area contributed by atoms with Crippen molar-refractivity contribution in [2.24, 2.45) is 0 Å². The second kappa shape index (κ2) is 8.54. The summed E-state index contributed by atoms with van der Waals surface area (Å²) in [5.41, 5.74) is 7.40. The van der Waals surface area contributed by atoms with Gasteiger partial charge in [-0.15, -0.1) is 0 Å². The quantitative estimate of drug-likeness (QED) is 0.852. The number of morpholine rings is 1. The lowest BCUT2D eigenvalue weighted by Gasteiger charge is -2.36. The van der Waals surface area contributed by atoms with Crippen LogP contribution < -0.4 is 15.5 Å². The average Bonchev–Trinajstić information content (AvgIpc) is 2.73. The van der Waals surface area contributed by atoms with Gasteiger partial charge < -0.3 is 20.3 Å². The molecule has 27 heavy (non-hydrogen) atoms. The molecule has 0 saturated carbocycles. The predicted molar refractivity (Wildman–Crippen MR) is 108 cm³/mol. The fourth-order valence-corrected chi connectivity index (χ4v) is 3.69. The molecule has 0 bridgehead atoms. The molecule has 2 saturated heterocycles. The molecule has 1 aromatic carbocycles. The second-order valence-electron chi connectivity index (χ2n) is 7.11. The zero-order valence-electron chi connectivity index (χ0n) is 15.8. The van der Waals surface area contributed by atoms with Crippen LogP contribution in [0.25, 0.3) is 0 Å². The molecule has 1 aromatic heterocycles. The molecule has 0 aliphatic carbocycles. The smallest absolute Gasteiger partial charge is 0.223 e.